The van der Waals surface area contributed by atoms with Crippen LogP contribution in [-0.2, 0) is 24.8 Å². The lowest BCUT2D eigenvalue weighted by atomic mass is 10.1. The lowest BCUT2D eigenvalue weighted by molar-refractivity contribution is -0.116. The fourth-order valence-electron chi connectivity index (χ4n) is 3.40. The summed E-state index contributed by atoms with van der Waals surface area (Å²) in [6, 6.07) is 15.9. The van der Waals surface area contributed by atoms with Crippen LogP contribution in [0.4, 0.5) is 17.1 Å². The van der Waals surface area contributed by atoms with Crippen LogP contribution < -0.4 is 14.3 Å². The molecule has 0 fully saturated rings. The number of rotatable bonds is 8. The molecule has 0 aromatic heterocycles. The van der Waals surface area contributed by atoms with Gasteiger partial charge in [0, 0.05) is 10.7 Å². The van der Waals surface area contributed by atoms with Gasteiger partial charge in [0.1, 0.15) is 6.04 Å². The molecule has 1 amide bonds. The molecule has 0 aliphatic carbocycles. The number of sulfonamides is 2. The molecule has 0 saturated heterocycles. The number of anilines is 3. The third-order valence-electron chi connectivity index (χ3n) is 5.34. The molecule has 1 atom stereocenters. The molecule has 0 bridgehead atoms. The molecule has 0 saturated carbocycles. The van der Waals surface area contributed by atoms with Gasteiger partial charge in [-0.05, 0) is 86.5 Å². The minimum atomic E-state index is -3.88. The van der Waals surface area contributed by atoms with Crippen molar-refractivity contribution in [2.75, 3.05) is 20.6 Å². The van der Waals surface area contributed by atoms with Gasteiger partial charge in [-0.3, -0.25) is 13.8 Å². The second kappa shape index (κ2) is 10.3. The molecular formula is C24H26ClN3O5S2. The van der Waals surface area contributed by atoms with E-state index in [9.17, 15) is 21.6 Å². The predicted molar refractivity (Wildman–Crippen MR) is 140 cm³/mol. The Kier molecular flexibility index (Phi) is 7.78. The molecule has 0 spiro atoms. The molecule has 3 aromatic rings. The fraction of sp³-hybridized carbons (Fsp3) is 0.208. The number of nitrogens with zero attached hydrogens (tertiary/aromatic N) is 1. The minimum absolute atomic E-state index is 0.0172. The lowest BCUT2D eigenvalue weighted by Gasteiger charge is -2.28. The first kappa shape index (κ1) is 26.5. The maximum Gasteiger partial charge on any atom is 0.261 e. The highest BCUT2D eigenvalue weighted by atomic mass is 35.5. The summed E-state index contributed by atoms with van der Waals surface area (Å²) in [6.45, 7) is 5.26. The Labute approximate surface area is 211 Å². The van der Waals surface area contributed by atoms with Gasteiger partial charge in [-0.1, -0.05) is 23.7 Å². The molecule has 0 unspecified atom stereocenters. The van der Waals surface area contributed by atoms with Gasteiger partial charge in [0.25, 0.3) is 10.0 Å². The molecule has 2 N–H and O–H groups in total. The van der Waals surface area contributed by atoms with E-state index in [1.165, 1.54) is 37.3 Å². The second-order valence-electron chi connectivity index (χ2n) is 8.13. The van der Waals surface area contributed by atoms with Crippen LogP contribution in [-0.4, -0.2) is 35.0 Å². The first-order valence-corrected chi connectivity index (χ1v) is 14.2. The van der Waals surface area contributed by atoms with Crippen molar-refractivity contribution in [1.29, 1.82) is 0 Å². The number of hydrogen-bond donors (Lipinski definition) is 2. The van der Waals surface area contributed by atoms with Crippen molar-refractivity contribution in [2.24, 2.45) is 0 Å². The Hall–Kier alpha value is -3.08. The largest absolute Gasteiger partial charge is 0.324 e. The molecule has 0 heterocycles. The molecule has 186 valence electrons. The summed E-state index contributed by atoms with van der Waals surface area (Å²) in [5, 5.41) is 3.04. The summed E-state index contributed by atoms with van der Waals surface area (Å²) in [6.07, 6.45) is 1.04. The zero-order valence-corrected chi connectivity index (χ0v) is 22.0. The van der Waals surface area contributed by atoms with Crippen molar-refractivity contribution >= 4 is 54.6 Å². The second-order valence-corrected chi connectivity index (χ2v) is 12.1. The van der Waals surface area contributed by atoms with Crippen LogP contribution in [0.25, 0.3) is 0 Å². The number of amides is 1. The van der Waals surface area contributed by atoms with Crippen LogP contribution in [0.2, 0.25) is 5.02 Å². The Morgan fingerprint density at radius 3 is 2.11 bits per heavy atom. The molecular weight excluding hydrogens is 510 g/mol. The Bertz CT molecular complexity index is 1460. The Morgan fingerprint density at radius 2 is 1.54 bits per heavy atom. The highest BCUT2D eigenvalue weighted by Gasteiger charge is 2.29. The van der Waals surface area contributed by atoms with E-state index in [1.54, 1.807) is 36.4 Å². The summed E-state index contributed by atoms with van der Waals surface area (Å²) in [5.74, 6) is -0.568. The van der Waals surface area contributed by atoms with Gasteiger partial charge in [-0.25, -0.2) is 16.8 Å². The van der Waals surface area contributed by atoms with Crippen LogP contribution >= 0.6 is 11.6 Å². The molecule has 8 nitrogen and oxygen atoms in total. The third kappa shape index (κ3) is 6.53. The van der Waals surface area contributed by atoms with Crippen molar-refractivity contribution in [2.45, 2.75) is 31.7 Å². The molecule has 3 rings (SSSR count). The lowest BCUT2D eigenvalue weighted by Crippen LogP contribution is -2.45. The van der Waals surface area contributed by atoms with Crippen LogP contribution in [0, 0.1) is 13.8 Å². The first-order chi connectivity index (χ1) is 16.3. The molecule has 35 heavy (non-hydrogen) atoms. The van der Waals surface area contributed by atoms with Crippen LogP contribution in [0.1, 0.15) is 18.1 Å². The van der Waals surface area contributed by atoms with Gasteiger partial charge < -0.3 is 5.32 Å². The quantitative estimate of drug-likeness (QED) is 0.439. The van der Waals surface area contributed by atoms with Gasteiger partial charge in [-0.2, -0.15) is 0 Å². The molecule has 0 aliphatic heterocycles. The predicted octanol–water partition coefficient (Wildman–Crippen LogP) is 4.55. The summed E-state index contributed by atoms with van der Waals surface area (Å²) >= 11 is 5.90. The fourth-order valence-corrected chi connectivity index (χ4v) is 5.81. The highest BCUT2D eigenvalue weighted by Crippen LogP contribution is 2.25. The Morgan fingerprint density at radius 1 is 0.886 bits per heavy atom. The average molecular weight is 536 g/mol. The standard InChI is InChI=1S/C24H26ClN3O5S2/c1-16-8-11-22(14-17(16)2)28(34(4,30)31)18(3)24(29)26-20-9-12-23(13-10-20)35(32,33)27-21-7-5-6-19(25)15-21/h5-15,18,27H,1-4H3,(H,26,29)/t18-/m1/s1. The molecule has 3 aromatic carbocycles. The maximum absolute atomic E-state index is 12.9. The van der Waals surface area contributed by atoms with E-state index in [-0.39, 0.29) is 4.90 Å². The number of carbonyl (C=O) groups is 1. The van der Waals surface area contributed by atoms with Crippen molar-refractivity contribution in [3.8, 4) is 0 Å². The van der Waals surface area contributed by atoms with Gasteiger partial charge in [0.05, 0.1) is 22.5 Å². The van der Waals surface area contributed by atoms with E-state index in [1.807, 2.05) is 13.8 Å². The number of nitrogens with one attached hydrogen (secondary N) is 2. The number of aryl methyl sites for hydroxylation is 2. The van der Waals surface area contributed by atoms with Crippen LogP contribution in [0.5, 0.6) is 0 Å². The van der Waals surface area contributed by atoms with E-state index in [0.29, 0.717) is 22.1 Å². The molecule has 11 heteroatoms. The van der Waals surface area contributed by atoms with Crippen molar-refractivity contribution < 1.29 is 21.6 Å². The van der Waals surface area contributed by atoms with Gasteiger partial charge >= 0.3 is 0 Å². The van der Waals surface area contributed by atoms with Gasteiger partial charge in [-0.15, -0.1) is 0 Å². The Balaban J connectivity index is 1.78. The van der Waals surface area contributed by atoms with E-state index >= 15 is 0 Å². The zero-order valence-electron chi connectivity index (χ0n) is 19.6. The maximum atomic E-state index is 12.9. The average Bonchev–Trinajstić information content (AvgIpc) is 2.75. The molecule has 0 radical (unpaired) electrons. The van der Waals surface area contributed by atoms with Crippen molar-refractivity contribution in [1.82, 2.24) is 0 Å². The third-order valence-corrected chi connectivity index (χ3v) is 8.22. The summed E-state index contributed by atoms with van der Waals surface area (Å²) in [5.41, 5.74) is 2.91. The minimum Gasteiger partial charge on any atom is -0.324 e. The van der Waals surface area contributed by atoms with E-state index in [2.05, 4.69) is 10.0 Å². The van der Waals surface area contributed by atoms with E-state index < -0.39 is 32.0 Å². The summed E-state index contributed by atoms with van der Waals surface area (Å²) < 4.78 is 53.8. The topological polar surface area (TPSA) is 113 Å². The normalized spacial score (nSPS) is 12.6. The highest BCUT2D eigenvalue weighted by molar-refractivity contribution is 7.92. The number of benzene rings is 3. The van der Waals surface area contributed by atoms with Crippen LogP contribution in [0.15, 0.2) is 71.6 Å². The number of halogens is 1. The molecule has 0 aliphatic rings. The van der Waals surface area contributed by atoms with Crippen molar-refractivity contribution in [3.63, 3.8) is 0 Å². The monoisotopic (exact) mass is 535 g/mol. The zero-order chi connectivity index (χ0) is 26.0. The van der Waals surface area contributed by atoms with Gasteiger partial charge in [0.15, 0.2) is 0 Å². The van der Waals surface area contributed by atoms with Gasteiger partial charge in [0.2, 0.25) is 15.9 Å². The van der Waals surface area contributed by atoms with Crippen molar-refractivity contribution in [3.05, 3.63) is 82.9 Å². The number of carbonyl (C=O) groups excluding carboxylic acids is 1. The number of hydrogen-bond acceptors (Lipinski definition) is 5. The first-order valence-electron chi connectivity index (χ1n) is 10.5. The SMILES string of the molecule is Cc1ccc(N([C@H](C)C(=O)Nc2ccc(S(=O)(=O)Nc3cccc(Cl)c3)cc2)S(C)(=O)=O)cc1C. The van der Waals surface area contributed by atoms with E-state index in [0.717, 1.165) is 21.7 Å². The smallest absolute Gasteiger partial charge is 0.261 e. The summed E-state index contributed by atoms with van der Waals surface area (Å²) in [4.78, 5) is 12.9. The van der Waals surface area contributed by atoms with Crippen LogP contribution in [0.3, 0.4) is 0 Å². The summed E-state index contributed by atoms with van der Waals surface area (Å²) in [7, 11) is -7.64. The van der Waals surface area contributed by atoms with E-state index in [4.69, 9.17) is 11.6 Å².